The maximum absolute atomic E-state index is 12.2. The van der Waals surface area contributed by atoms with E-state index in [2.05, 4.69) is 112 Å². The van der Waals surface area contributed by atoms with E-state index < -0.39 is 171 Å². The summed E-state index contributed by atoms with van der Waals surface area (Å²) >= 11 is 0. The highest BCUT2D eigenvalue weighted by atomic mass is 31.2. The van der Waals surface area contributed by atoms with E-state index in [9.17, 15) is 79.2 Å². The quantitative estimate of drug-likeness (QED) is 0.0310. The first-order chi connectivity index (χ1) is 45.5. The predicted octanol–water partition coefficient (Wildman–Crippen LogP) is 1.16. The molecule has 0 aliphatic carbocycles. The van der Waals surface area contributed by atoms with Crippen LogP contribution in [0.1, 0.15) is 112 Å². The van der Waals surface area contributed by atoms with E-state index in [0.29, 0.717) is 73.6 Å². The van der Waals surface area contributed by atoms with Crippen LogP contribution >= 0.6 is 27.5 Å². The molecule has 4 aliphatic heterocycles. The number of aromatic nitrogens is 8. The number of rotatable bonds is 26. The van der Waals surface area contributed by atoms with Crippen molar-refractivity contribution in [3.8, 4) is 0 Å². The van der Waals surface area contributed by atoms with E-state index in [1.54, 1.807) is 12.2 Å². The number of unbranched alkanes of at least 4 members (excludes halogenated alkanes) is 1. The zero-order valence-electron chi connectivity index (χ0n) is 58.3. The number of nitrogens with one attached hydrogen (secondary N) is 4. The Balaban J connectivity index is 0.000000236. The number of allylic oxidation sites excluding steroid dienone is 2. The number of hydrogen-bond acceptors (Lipinski definition) is 20. The minimum Gasteiger partial charge on any atom is -0.388 e. The molecule has 0 bridgehead atoms. The molecule has 8 rings (SSSR count). The van der Waals surface area contributed by atoms with Crippen LogP contribution in [0.2, 0.25) is 0 Å². The Hall–Kier alpha value is -5.08. The lowest BCUT2D eigenvalue weighted by Gasteiger charge is -2.19. The average Bonchev–Trinajstić information content (AvgIpc) is 1.67. The van der Waals surface area contributed by atoms with Crippen molar-refractivity contribution < 1.29 is 59.8 Å². The fourth-order valence-corrected chi connectivity index (χ4v) is 15.1. The van der Waals surface area contributed by atoms with Gasteiger partial charge in [-0.25, -0.2) is 19.2 Å². The van der Waals surface area contributed by atoms with Crippen LogP contribution in [0.4, 0.5) is 0 Å². The molecule has 12 N–H and O–H groups in total. The second-order valence-corrected chi connectivity index (χ2v) is 45.7. The minimum atomic E-state index is -1.29. The van der Waals surface area contributed by atoms with Gasteiger partial charge in [-0.2, -0.15) is 0 Å². The van der Waals surface area contributed by atoms with Crippen LogP contribution in [0.3, 0.4) is 0 Å². The van der Waals surface area contributed by atoms with E-state index >= 15 is 0 Å². The van der Waals surface area contributed by atoms with Crippen molar-refractivity contribution in [2.45, 2.75) is 189 Å². The van der Waals surface area contributed by atoms with Crippen LogP contribution in [0.25, 0.3) is 0 Å². The molecular weight excluding hydrogens is 1350 g/mol. The number of H-pyrrole nitrogens is 4. The van der Waals surface area contributed by atoms with Crippen molar-refractivity contribution in [2.24, 2.45) is 0 Å². The number of nitrogens with zero attached hydrogens (tertiary/aromatic N) is 4. The molecule has 0 unspecified atom stereocenters. The molecule has 4 saturated heterocycles. The molecule has 16 atom stereocenters. The first kappa shape index (κ1) is 83.6. The van der Waals surface area contributed by atoms with Gasteiger partial charge in [0.1, 0.15) is 48.8 Å². The van der Waals surface area contributed by atoms with Gasteiger partial charge in [0.25, 0.3) is 22.2 Å². The minimum absolute atomic E-state index is 0.282. The molecule has 4 fully saturated rings. The third kappa shape index (κ3) is 23.5. The van der Waals surface area contributed by atoms with Gasteiger partial charge in [0, 0.05) is 47.0 Å². The first-order valence-corrected chi connectivity index (χ1v) is 45.1. The van der Waals surface area contributed by atoms with Crippen LogP contribution < -0.4 is 45.0 Å². The molecule has 4 aromatic heterocycles. The standard InChI is InChI=1S/C17H29N2O5P.C17H27N2O5P.C16H27N2O5P.C16H25N2O5P/c2*1-5-6-7-11-10-19(17(23)18-15(11)22)16-14(21)13(20)12(24-16)8-9-25(2,3)4;2*1-5-6-10-9-18(16(22)17-14(10)21)15-13(20)12(19)11(23-15)7-8-24(2,3)4/h10,12-14,16,20-21H,2,5-9H2,1,3-4H3,(H,18,22,23);5,10,12-14,16,20-21H,1-2,6-9H2,3-4H3,(H,18,22,23);9,11-13,15,19-20H,2,5-8H2,1,3-4H3,(H,17,21,22);5,9,11-13,15,19-20H,1-2,6-8H2,3-4H3,(H,17,21,22)/t2*12-,13-,14-,16-;2*11-,12-,13-,15-/m1111/s1. The SMILES string of the molecule is C=CCCc1cn([C@@H]2O[C@H](CCP(=C)(C)C)[C@@H](O)[C@H]2O)c(=O)[nH]c1=O.C=CCc1cn([C@@H]2O[C@H](CCP(=C)(C)C)[C@@H](O)[C@H]2O)c(=O)[nH]c1=O.C=P(C)(C)CC[C@H]1O[C@@H](n2cc(CCC)c(=O)[nH]c2=O)[C@H](O)[C@@H]1O.C=P(C)(C)CC[C@H]1O[C@@H](n2cc(CCCC)c(=O)[nH]c2=O)[C@H](O)[C@@H]1O. The number of ether oxygens (including phenoxy) is 4. The van der Waals surface area contributed by atoms with Gasteiger partial charge in [0.2, 0.25) is 0 Å². The molecule has 0 amide bonds. The van der Waals surface area contributed by atoms with E-state index in [4.69, 9.17) is 18.9 Å². The van der Waals surface area contributed by atoms with Crippen LogP contribution in [-0.2, 0) is 44.6 Å². The first-order valence-electron chi connectivity index (χ1n) is 32.9. The lowest BCUT2D eigenvalue weighted by atomic mass is 10.1. The monoisotopic (exact) mass is 1460 g/mol. The molecule has 552 valence electrons. The van der Waals surface area contributed by atoms with E-state index in [1.165, 1.54) is 33.9 Å². The molecule has 0 saturated carbocycles. The zero-order valence-corrected chi connectivity index (χ0v) is 61.9. The van der Waals surface area contributed by atoms with Crippen molar-refractivity contribution in [1.29, 1.82) is 0 Å². The Labute approximate surface area is 571 Å². The molecule has 32 heteroatoms. The Morgan fingerprint density at radius 1 is 0.388 bits per heavy atom. The van der Waals surface area contributed by atoms with E-state index in [0.717, 1.165) is 53.0 Å². The van der Waals surface area contributed by atoms with Crippen molar-refractivity contribution in [1.82, 2.24) is 38.2 Å². The van der Waals surface area contributed by atoms with Gasteiger partial charge in [-0.1, -0.05) is 38.8 Å². The van der Waals surface area contributed by atoms with Crippen LogP contribution in [0, 0.1) is 0 Å². The van der Waals surface area contributed by atoms with Crippen LogP contribution in [0.15, 0.2) is 88.5 Å². The summed E-state index contributed by atoms with van der Waals surface area (Å²) in [7, 11) is 0. The predicted molar refractivity (Wildman–Crippen MR) is 396 cm³/mol. The highest BCUT2D eigenvalue weighted by Gasteiger charge is 2.47. The fourth-order valence-electron chi connectivity index (χ4n) is 11.3. The Bertz CT molecular complexity index is 4050. The number of aromatic amines is 4. The van der Waals surface area contributed by atoms with Gasteiger partial charge in [-0.15, -0.1) is 65.9 Å². The van der Waals surface area contributed by atoms with Crippen LogP contribution in [-0.4, -0.2) is 255 Å². The smallest absolute Gasteiger partial charge is 0.330 e. The third-order valence-electron chi connectivity index (χ3n) is 17.0. The van der Waals surface area contributed by atoms with Gasteiger partial charge in [-0.05, 0) is 142 Å². The Morgan fingerprint density at radius 3 is 0.888 bits per heavy atom. The van der Waals surface area contributed by atoms with Gasteiger partial charge >= 0.3 is 22.8 Å². The molecule has 0 radical (unpaired) electrons. The summed E-state index contributed by atoms with van der Waals surface area (Å²) in [5.41, 5.74) is -2.79. The second-order valence-electron chi connectivity index (χ2n) is 28.4. The normalized spacial score (nSPS) is 27.1. The summed E-state index contributed by atoms with van der Waals surface area (Å²) < 4.78 is 27.6. The summed E-state index contributed by atoms with van der Waals surface area (Å²) in [6.07, 6.45) is 20.1. The highest BCUT2D eigenvalue weighted by Crippen LogP contribution is 2.43. The topological polar surface area (TPSA) is 418 Å². The summed E-state index contributed by atoms with van der Waals surface area (Å²) in [6.45, 7) is 22.7. The van der Waals surface area contributed by atoms with Crippen molar-refractivity contribution in [3.63, 3.8) is 0 Å². The second kappa shape index (κ2) is 36.2. The van der Waals surface area contributed by atoms with Gasteiger partial charge < -0.3 is 59.8 Å². The molecule has 8 heterocycles. The summed E-state index contributed by atoms with van der Waals surface area (Å²) in [5.74, 6) is 0. The largest absolute Gasteiger partial charge is 0.388 e. The number of aliphatic hydroxyl groups is 8. The molecule has 4 aromatic rings. The molecule has 0 spiro atoms. The van der Waals surface area contributed by atoms with Crippen molar-refractivity contribution in [3.05, 3.63) is 156 Å². The number of aliphatic hydroxyl groups excluding tert-OH is 8. The molecule has 98 heavy (non-hydrogen) atoms. The fraction of sp³-hybridized carbons (Fsp3) is 0.636. The van der Waals surface area contributed by atoms with Gasteiger partial charge in [0.15, 0.2) is 24.9 Å². The van der Waals surface area contributed by atoms with Crippen LogP contribution in [0.5, 0.6) is 0 Å². The Morgan fingerprint density at radius 2 is 0.643 bits per heavy atom. The van der Waals surface area contributed by atoms with Crippen molar-refractivity contribution >= 4 is 52.7 Å². The summed E-state index contributed by atoms with van der Waals surface area (Å²) in [5, 5.41) is 82.2. The highest BCUT2D eigenvalue weighted by molar-refractivity contribution is 7.73. The Kier molecular flexibility index (Phi) is 30.9. The average molecular weight is 1460 g/mol. The molecular formula is C66H108N8O20P4. The van der Waals surface area contributed by atoms with E-state index in [-0.39, 0.29) is 6.42 Å². The lowest BCUT2D eigenvalue weighted by Crippen LogP contribution is -2.38. The molecule has 4 aliphatic rings. The third-order valence-corrected chi connectivity index (χ3v) is 22.9. The maximum Gasteiger partial charge on any atom is 0.330 e. The number of aryl methyl sites for hydroxylation is 3. The number of hydrogen-bond donors (Lipinski definition) is 12. The molecule has 28 nitrogen and oxygen atoms in total. The van der Waals surface area contributed by atoms with E-state index in [1.807, 2.05) is 13.8 Å². The van der Waals surface area contributed by atoms with Crippen molar-refractivity contribution in [2.75, 3.05) is 78.0 Å². The summed E-state index contributed by atoms with van der Waals surface area (Å²) in [6, 6.07) is 0. The zero-order chi connectivity index (χ0) is 73.7. The maximum atomic E-state index is 12.2. The van der Waals surface area contributed by atoms with Gasteiger partial charge in [0.05, 0.1) is 24.4 Å². The van der Waals surface area contributed by atoms with Gasteiger partial charge in [-0.3, -0.25) is 57.4 Å². The lowest BCUT2D eigenvalue weighted by molar-refractivity contribution is -0.0404. The molecule has 0 aromatic carbocycles. The summed E-state index contributed by atoms with van der Waals surface area (Å²) in [4.78, 5) is 105.